The molecule has 8 nitrogen and oxygen atoms in total. The summed E-state index contributed by atoms with van der Waals surface area (Å²) in [4.78, 5) is 48.7. The van der Waals surface area contributed by atoms with Gasteiger partial charge < -0.3 is 18.9 Å². The number of hydrogen-bond acceptors (Lipinski definition) is 8. The van der Waals surface area contributed by atoms with Gasteiger partial charge >= 0.3 is 23.9 Å². The van der Waals surface area contributed by atoms with E-state index in [9.17, 15) is 19.2 Å². The van der Waals surface area contributed by atoms with Crippen LogP contribution < -0.4 is 18.9 Å². The van der Waals surface area contributed by atoms with Crippen LogP contribution in [0.25, 0.3) is 10.8 Å². The highest BCUT2D eigenvalue weighted by atomic mass is 16.6. The summed E-state index contributed by atoms with van der Waals surface area (Å²) >= 11 is 0. The second-order valence-electron chi connectivity index (χ2n) is 7.62. The van der Waals surface area contributed by atoms with Gasteiger partial charge in [-0.05, 0) is 39.8 Å². The zero-order chi connectivity index (χ0) is 25.7. The number of carbonyl (C=O) groups excluding carboxylic acids is 4. The van der Waals surface area contributed by atoms with Gasteiger partial charge in [-0.15, -0.1) is 0 Å². The predicted octanol–water partition coefficient (Wildman–Crippen LogP) is 4.77. The minimum absolute atomic E-state index is 0.00989. The number of ether oxygens (including phenoxy) is 4. The Labute approximate surface area is 196 Å². The molecule has 0 aliphatic heterocycles. The average Bonchev–Trinajstić information content (AvgIpc) is 2.73. The molecule has 2 aromatic rings. The second kappa shape index (κ2) is 10.4. The zero-order valence-electron chi connectivity index (χ0n) is 19.4. The summed E-state index contributed by atoms with van der Waals surface area (Å²) in [6, 6.07) is 5.39. The van der Waals surface area contributed by atoms with Crippen LogP contribution in [0.2, 0.25) is 0 Å². The molecule has 0 aromatic heterocycles. The normalized spacial score (nSPS) is 10.1. The number of fused-ring (bicyclic) bond motifs is 1. The third-order valence-electron chi connectivity index (χ3n) is 4.16. The Morgan fingerprint density at radius 1 is 0.500 bits per heavy atom. The third kappa shape index (κ3) is 6.29. The highest BCUT2D eigenvalue weighted by Gasteiger charge is 2.20. The molecule has 0 radical (unpaired) electrons. The Morgan fingerprint density at radius 2 is 0.765 bits per heavy atom. The number of rotatable bonds is 8. The Morgan fingerprint density at radius 3 is 1.03 bits per heavy atom. The van der Waals surface area contributed by atoms with Gasteiger partial charge in [0.1, 0.15) is 23.0 Å². The van der Waals surface area contributed by atoms with E-state index in [1.165, 1.54) is 52.0 Å². The quantitative estimate of drug-likeness (QED) is 0.313. The van der Waals surface area contributed by atoms with Crippen LogP contribution in [0.1, 0.15) is 27.7 Å². The lowest BCUT2D eigenvalue weighted by atomic mass is 10.1. The molecule has 0 bridgehead atoms. The van der Waals surface area contributed by atoms with Crippen molar-refractivity contribution in [3.05, 3.63) is 72.9 Å². The molecule has 2 rings (SSSR count). The molecule has 0 N–H and O–H groups in total. The van der Waals surface area contributed by atoms with Gasteiger partial charge in [-0.3, -0.25) is 0 Å². The molecule has 0 amide bonds. The monoisotopic (exact) mass is 464 g/mol. The van der Waals surface area contributed by atoms with Crippen LogP contribution in [0.5, 0.6) is 23.0 Å². The van der Waals surface area contributed by atoms with E-state index in [0.717, 1.165) is 0 Å². The van der Waals surface area contributed by atoms with Crippen molar-refractivity contribution in [2.45, 2.75) is 27.7 Å². The Kier molecular flexibility index (Phi) is 7.92. The molecular formula is C26H24O8. The molecule has 0 spiro atoms. The molecule has 0 saturated carbocycles. The maximum absolute atomic E-state index is 12.3. The van der Waals surface area contributed by atoms with Gasteiger partial charge in [-0.25, -0.2) is 19.2 Å². The summed E-state index contributed by atoms with van der Waals surface area (Å²) in [5.74, 6) is -3.09. The average molecular weight is 464 g/mol. The molecule has 34 heavy (non-hydrogen) atoms. The van der Waals surface area contributed by atoms with Gasteiger partial charge in [0.2, 0.25) is 0 Å². The van der Waals surface area contributed by atoms with Gasteiger partial charge in [0, 0.05) is 45.2 Å². The molecule has 176 valence electrons. The fourth-order valence-electron chi connectivity index (χ4n) is 2.39. The Hall–Kier alpha value is -4.46. The van der Waals surface area contributed by atoms with E-state index in [-0.39, 0.29) is 56.1 Å². The first-order chi connectivity index (χ1) is 15.8. The van der Waals surface area contributed by atoms with E-state index in [4.69, 9.17) is 18.9 Å². The van der Waals surface area contributed by atoms with Crippen LogP contribution in [0.15, 0.2) is 72.9 Å². The van der Waals surface area contributed by atoms with E-state index in [2.05, 4.69) is 26.3 Å². The minimum Gasteiger partial charge on any atom is -0.423 e. The Bertz CT molecular complexity index is 1180. The molecule has 0 unspecified atom stereocenters. The maximum atomic E-state index is 12.3. The number of benzene rings is 2. The summed E-state index contributed by atoms with van der Waals surface area (Å²) in [5.41, 5.74) is 0.487. The second-order valence-corrected chi connectivity index (χ2v) is 7.62. The van der Waals surface area contributed by atoms with Gasteiger partial charge in [0.25, 0.3) is 0 Å². The SMILES string of the molecule is C=C(C)C(=O)Oc1cc(OC(=O)C(=C)C)c2cc(OC(=O)C(=C)C)cc(OC(=O)C(=C)C)c2c1. The molecule has 0 aliphatic carbocycles. The first-order valence-corrected chi connectivity index (χ1v) is 9.92. The van der Waals surface area contributed by atoms with Crippen molar-refractivity contribution in [1.82, 2.24) is 0 Å². The molecule has 0 heterocycles. The largest absolute Gasteiger partial charge is 0.423 e. The predicted molar refractivity (Wildman–Crippen MR) is 126 cm³/mol. The summed E-state index contributed by atoms with van der Waals surface area (Å²) in [7, 11) is 0. The summed E-state index contributed by atoms with van der Waals surface area (Å²) in [6.07, 6.45) is 0. The van der Waals surface area contributed by atoms with Crippen molar-refractivity contribution in [2.24, 2.45) is 0 Å². The lowest BCUT2D eigenvalue weighted by Gasteiger charge is -2.15. The summed E-state index contributed by atoms with van der Waals surface area (Å²) < 4.78 is 21.4. The first kappa shape index (κ1) is 25.8. The maximum Gasteiger partial charge on any atom is 0.338 e. The van der Waals surface area contributed by atoms with Crippen molar-refractivity contribution >= 4 is 34.6 Å². The van der Waals surface area contributed by atoms with Crippen molar-refractivity contribution in [3.63, 3.8) is 0 Å². The summed E-state index contributed by atoms with van der Waals surface area (Å²) in [6.45, 7) is 20.0. The van der Waals surface area contributed by atoms with Gasteiger partial charge in [0.15, 0.2) is 0 Å². The lowest BCUT2D eigenvalue weighted by Crippen LogP contribution is -2.12. The van der Waals surface area contributed by atoms with Gasteiger partial charge in [-0.2, -0.15) is 0 Å². The van der Waals surface area contributed by atoms with Gasteiger partial charge in [0.05, 0.1) is 0 Å². The fraction of sp³-hybridized carbons (Fsp3) is 0.154. The fourth-order valence-corrected chi connectivity index (χ4v) is 2.39. The van der Waals surface area contributed by atoms with Crippen molar-refractivity contribution < 1.29 is 38.1 Å². The van der Waals surface area contributed by atoms with Crippen LogP contribution in [-0.4, -0.2) is 23.9 Å². The van der Waals surface area contributed by atoms with Crippen molar-refractivity contribution in [2.75, 3.05) is 0 Å². The standard InChI is InChI=1S/C26H24O8/c1-13(2)23(27)31-17-9-19-20(21(11-17)33-25(29)15(5)6)10-18(32-24(28)14(3)4)12-22(19)34-26(30)16(7)8/h9-12H,1,3,5,7H2,2,4,6,8H3. The number of carbonyl (C=O) groups is 4. The van der Waals surface area contributed by atoms with Crippen LogP contribution in [0.3, 0.4) is 0 Å². The van der Waals surface area contributed by atoms with Crippen LogP contribution >= 0.6 is 0 Å². The smallest absolute Gasteiger partial charge is 0.338 e. The molecule has 8 heteroatoms. The molecule has 0 saturated heterocycles. The number of esters is 4. The van der Waals surface area contributed by atoms with Crippen LogP contribution in [0, 0.1) is 0 Å². The van der Waals surface area contributed by atoms with E-state index in [1.807, 2.05) is 0 Å². The molecule has 0 aliphatic rings. The Balaban J connectivity index is 2.82. The van der Waals surface area contributed by atoms with Crippen molar-refractivity contribution in [1.29, 1.82) is 0 Å². The zero-order valence-corrected chi connectivity index (χ0v) is 19.4. The molecular weight excluding hydrogens is 440 g/mol. The van der Waals surface area contributed by atoms with Crippen LogP contribution in [-0.2, 0) is 19.2 Å². The van der Waals surface area contributed by atoms with Crippen LogP contribution in [0.4, 0.5) is 0 Å². The topological polar surface area (TPSA) is 105 Å². The van der Waals surface area contributed by atoms with E-state index in [1.54, 1.807) is 0 Å². The van der Waals surface area contributed by atoms with E-state index >= 15 is 0 Å². The highest BCUT2D eigenvalue weighted by molar-refractivity contribution is 6.01. The van der Waals surface area contributed by atoms with E-state index < -0.39 is 23.9 Å². The molecule has 0 fully saturated rings. The van der Waals surface area contributed by atoms with E-state index in [0.29, 0.717) is 0 Å². The highest BCUT2D eigenvalue weighted by Crippen LogP contribution is 2.40. The molecule has 0 atom stereocenters. The summed E-state index contributed by atoms with van der Waals surface area (Å²) in [5, 5.41) is 0.447. The van der Waals surface area contributed by atoms with Crippen molar-refractivity contribution in [3.8, 4) is 23.0 Å². The molecule has 2 aromatic carbocycles. The number of hydrogen-bond donors (Lipinski definition) is 0. The van der Waals surface area contributed by atoms with Gasteiger partial charge in [-0.1, -0.05) is 26.3 Å². The first-order valence-electron chi connectivity index (χ1n) is 9.92. The third-order valence-corrected chi connectivity index (χ3v) is 4.16. The lowest BCUT2D eigenvalue weighted by molar-refractivity contribution is -0.131. The minimum atomic E-state index is -0.755.